The van der Waals surface area contributed by atoms with Gasteiger partial charge in [0, 0.05) is 72.9 Å². The molecule has 2 aromatic carbocycles. The van der Waals surface area contributed by atoms with Gasteiger partial charge in [-0.15, -0.1) is 0 Å². The van der Waals surface area contributed by atoms with Crippen LogP contribution in [0.5, 0.6) is 0 Å². The largest absolute Gasteiger partial charge is 0.398 e. The Morgan fingerprint density at radius 3 is 1.67 bits per heavy atom. The molecular weight excluding hydrogens is 961 g/mol. The van der Waals surface area contributed by atoms with Crippen molar-refractivity contribution in [1.29, 1.82) is 0 Å². The highest BCUT2D eigenvalue weighted by atomic mass is 79.9. The Morgan fingerprint density at radius 1 is 0.754 bits per heavy atom. The summed E-state index contributed by atoms with van der Waals surface area (Å²) in [6, 6.07) is 11.4. The van der Waals surface area contributed by atoms with E-state index in [0.29, 0.717) is 32.2 Å². The van der Waals surface area contributed by atoms with Crippen LogP contribution in [0.3, 0.4) is 0 Å². The number of aromatic nitrogens is 8. The molecule has 0 unspecified atom stereocenters. The summed E-state index contributed by atoms with van der Waals surface area (Å²) in [6.45, 7) is 9.33. The van der Waals surface area contributed by atoms with Crippen LogP contribution in [0.15, 0.2) is 82.5 Å². The molecule has 0 atom stereocenters. The molecule has 20 heteroatoms. The predicted molar refractivity (Wildman–Crippen MR) is 246 cm³/mol. The van der Waals surface area contributed by atoms with Crippen LogP contribution in [-0.2, 0) is 23.2 Å². The van der Waals surface area contributed by atoms with E-state index in [4.69, 9.17) is 45.6 Å². The third-order valence-corrected chi connectivity index (χ3v) is 12.5. The Hall–Kier alpha value is -3.13. The molecule has 0 saturated heterocycles. The van der Waals surface area contributed by atoms with E-state index in [-0.39, 0.29) is 18.0 Å². The third kappa shape index (κ3) is 15.9. The lowest BCUT2D eigenvalue weighted by atomic mass is 10.1. The van der Waals surface area contributed by atoms with Gasteiger partial charge in [-0.25, -0.2) is 15.0 Å². The summed E-state index contributed by atoms with van der Waals surface area (Å²) in [5, 5.41) is 21.7. The number of aliphatic hydroxyl groups is 1. The molecule has 0 amide bonds. The first-order valence-corrected chi connectivity index (χ1v) is 24.7. The van der Waals surface area contributed by atoms with E-state index < -0.39 is 14.3 Å². The van der Waals surface area contributed by atoms with Crippen molar-refractivity contribution in [1.82, 2.24) is 39.5 Å². The fourth-order valence-corrected chi connectivity index (χ4v) is 7.86. The predicted octanol–water partition coefficient (Wildman–Crippen LogP) is 10.2. The Kier molecular flexibility index (Phi) is 20.1. The zero-order chi connectivity index (χ0) is 41.8. The number of aliphatic hydroxyl groups excluding tert-OH is 1. The first-order valence-electron chi connectivity index (χ1n) is 16.8. The molecule has 0 fully saturated rings. The minimum Gasteiger partial charge on any atom is -0.398 e. The molecule has 4 aromatic heterocycles. The molecule has 6 aromatic rings. The van der Waals surface area contributed by atoms with Crippen molar-refractivity contribution in [2.75, 3.05) is 44.3 Å². The summed E-state index contributed by atoms with van der Waals surface area (Å²) < 4.78 is 29.7. The van der Waals surface area contributed by atoms with Gasteiger partial charge in [0.25, 0.3) is 0 Å². The lowest BCUT2D eigenvalue weighted by Crippen LogP contribution is -2.11. The summed E-state index contributed by atoms with van der Waals surface area (Å²) in [5.74, 6) is 0.517. The van der Waals surface area contributed by atoms with Crippen LogP contribution in [0.25, 0.3) is 22.3 Å². The molecule has 0 spiro atoms. The Labute approximate surface area is 366 Å². The molecule has 13 nitrogen and oxygen atoms in total. The highest BCUT2D eigenvalue weighted by molar-refractivity contribution is 9.11. The van der Waals surface area contributed by atoms with Crippen LogP contribution < -0.4 is 21.7 Å². The maximum Gasteiger partial charge on any atom is 0.224 e. The summed E-state index contributed by atoms with van der Waals surface area (Å²) in [5.41, 5.74) is 11.1. The normalized spacial score (nSPS) is 10.8. The monoisotopic (exact) mass is 1000 g/mol. The number of aryl methyl sites for hydroxylation is 2. The summed E-state index contributed by atoms with van der Waals surface area (Å²) in [6.07, 6.45) is 12.5. The number of hydrogen-bond acceptors (Lipinski definition) is 11. The summed E-state index contributed by atoms with van der Waals surface area (Å²) >= 11 is 23.3. The van der Waals surface area contributed by atoms with E-state index in [9.17, 15) is 9.13 Å². The van der Waals surface area contributed by atoms with Crippen molar-refractivity contribution < 1.29 is 14.2 Å². The van der Waals surface area contributed by atoms with E-state index >= 15 is 0 Å². The zero-order valence-electron chi connectivity index (χ0n) is 31.8. The van der Waals surface area contributed by atoms with Crippen LogP contribution >= 0.6 is 80.9 Å². The van der Waals surface area contributed by atoms with Crippen molar-refractivity contribution in [2.45, 2.75) is 27.2 Å². The molecule has 0 aliphatic rings. The van der Waals surface area contributed by atoms with E-state index in [1.54, 1.807) is 60.7 Å². The third-order valence-electron chi connectivity index (χ3n) is 7.42. The first-order chi connectivity index (χ1) is 26.2. The number of rotatable bonds is 8. The second-order valence-electron chi connectivity index (χ2n) is 12.8. The highest BCUT2D eigenvalue weighted by Crippen LogP contribution is 2.41. The molecule has 0 aliphatic heterocycles. The molecule has 6 rings (SSSR count). The van der Waals surface area contributed by atoms with Crippen molar-refractivity contribution in [3.63, 3.8) is 0 Å². The number of anilines is 3. The van der Waals surface area contributed by atoms with Crippen LogP contribution in [0.1, 0.15) is 27.2 Å². The van der Waals surface area contributed by atoms with Crippen LogP contribution in [-0.4, -0.2) is 77.9 Å². The Bertz CT molecular complexity index is 2330. The Balaban J connectivity index is 0.000000301. The molecule has 4 N–H and O–H groups in total. The van der Waals surface area contributed by atoms with Gasteiger partial charge in [-0.2, -0.15) is 15.2 Å². The maximum absolute atomic E-state index is 12.8. The minimum absolute atomic E-state index is 0. The molecule has 0 aliphatic carbocycles. The van der Waals surface area contributed by atoms with Gasteiger partial charge in [-0.3, -0.25) is 9.36 Å². The van der Waals surface area contributed by atoms with Gasteiger partial charge in [-0.1, -0.05) is 44.5 Å². The van der Waals surface area contributed by atoms with Crippen LogP contribution in [0, 0.1) is 0 Å². The van der Waals surface area contributed by atoms with E-state index in [1.807, 2.05) is 56.8 Å². The molecule has 57 heavy (non-hydrogen) atoms. The fraction of sp³-hybridized carbons (Fsp3) is 0.297. The molecule has 308 valence electrons. The number of unbranched alkanes of at least 4 members (excludes halogenated alkanes) is 1. The quantitative estimate of drug-likeness (QED) is 0.0572. The number of nitrogens with one attached hydrogen (secondary N) is 1. The summed E-state index contributed by atoms with van der Waals surface area (Å²) in [7, 11) is -1.16. The second-order valence-corrected chi connectivity index (χ2v) is 21.9. The average Bonchev–Trinajstić information content (AvgIpc) is 3.77. The van der Waals surface area contributed by atoms with Gasteiger partial charge in [0.2, 0.25) is 10.6 Å². The number of nitrogens with two attached hydrogens (primary N) is 1. The van der Waals surface area contributed by atoms with Crippen molar-refractivity contribution in [3.8, 4) is 22.3 Å². The van der Waals surface area contributed by atoms with E-state index in [0.717, 1.165) is 51.4 Å². The van der Waals surface area contributed by atoms with E-state index in [2.05, 4.69) is 74.2 Å². The smallest absolute Gasteiger partial charge is 0.224 e. The lowest BCUT2D eigenvalue weighted by Gasteiger charge is -2.17. The SMILES string of the molecule is C.CCCCO.Clc1ncc(Br)c(Cl)n1.Cn1cc(-c2ccc(N)c(P(C)(C)=O)c2)cn1.Cn1cc(-c2ccc(Nc3nc(Cl)ncc3Br)c(P(C)(C)=O)c2)cn1. The number of hydrogen-bond donors (Lipinski definition) is 3. The first kappa shape index (κ1) is 50.0. The van der Waals surface area contributed by atoms with E-state index in [1.165, 1.54) is 6.20 Å². The lowest BCUT2D eigenvalue weighted by molar-refractivity contribution is 0.287. The zero-order valence-corrected chi connectivity index (χ0v) is 39.0. The number of nitrogens with zero attached hydrogens (tertiary/aromatic N) is 8. The highest BCUT2D eigenvalue weighted by Gasteiger charge is 2.19. The molecular formula is C37H47Br2Cl3N10O3P2. The second kappa shape index (κ2) is 22.9. The van der Waals surface area contributed by atoms with Crippen molar-refractivity contribution in [3.05, 3.63) is 98.2 Å². The van der Waals surface area contributed by atoms with Crippen molar-refractivity contribution >= 4 is 109 Å². The van der Waals surface area contributed by atoms with Gasteiger partial charge in [0.15, 0.2) is 0 Å². The molecule has 0 radical (unpaired) electrons. The Morgan fingerprint density at radius 2 is 1.25 bits per heavy atom. The van der Waals surface area contributed by atoms with Gasteiger partial charge < -0.3 is 25.3 Å². The minimum atomic E-state index is -2.54. The average molecular weight is 1010 g/mol. The number of benzene rings is 2. The summed E-state index contributed by atoms with van der Waals surface area (Å²) in [4.78, 5) is 15.4. The molecule has 0 saturated carbocycles. The van der Waals surface area contributed by atoms with Gasteiger partial charge in [0.1, 0.15) is 25.3 Å². The van der Waals surface area contributed by atoms with Gasteiger partial charge >= 0.3 is 0 Å². The van der Waals surface area contributed by atoms with Crippen molar-refractivity contribution in [2.24, 2.45) is 14.1 Å². The van der Waals surface area contributed by atoms with Gasteiger partial charge in [0.05, 0.1) is 27.0 Å². The standard InChI is InChI=1S/C16H16BrClN5OP.C12H16N3OP.C4HBrCl2N2.C4H10O.CH4/c1-23-9-11(7-20-23)10-4-5-13(14(6-10)25(2,3)24)21-15-12(17)8-19-16(18)22-15;1-15-8-10(7-14-15)9-4-5-11(13)12(6-9)17(2,3)16;5-2-1-8-4(7)9-3(2)6;1-2-3-4-5;/h4-9H,1-3H3,(H,19,21,22);4-8H,13H2,1-3H3;1H;5H,2-4H2,1H3;1H4. The number of nitrogen functional groups attached to an aromatic ring is 1. The molecule has 0 bridgehead atoms. The topological polar surface area (TPSA) is 180 Å². The number of halogens is 5. The van der Waals surface area contributed by atoms with Gasteiger partial charge in [-0.05, 0) is 124 Å². The maximum atomic E-state index is 12.8. The molecule has 4 heterocycles. The van der Waals surface area contributed by atoms with Crippen LogP contribution in [0.2, 0.25) is 15.7 Å². The van der Waals surface area contributed by atoms with Crippen LogP contribution in [0.4, 0.5) is 17.2 Å². The fourth-order valence-electron chi connectivity index (χ4n) is 4.64.